The lowest BCUT2D eigenvalue weighted by atomic mass is 10.0. The van der Waals surface area contributed by atoms with Crippen molar-refractivity contribution >= 4 is 22.4 Å². The van der Waals surface area contributed by atoms with Crippen molar-refractivity contribution in [3.63, 3.8) is 0 Å². The minimum Gasteiger partial charge on any atom is -0.437 e. The molecule has 1 aliphatic rings. The topological polar surface area (TPSA) is 56.9 Å². The number of benzene rings is 2. The second kappa shape index (κ2) is 2.67. The van der Waals surface area contributed by atoms with E-state index in [1.807, 2.05) is 36.4 Å². The molecule has 15 heavy (non-hydrogen) atoms. The van der Waals surface area contributed by atoms with Crippen LogP contribution in [0.15, 0.2) is 36.4 Å². The van der Waals surface area contributed by atoms with Crippen molar-refractivity contribution in [1.82, 2.24) is 0 Å². The largest absolute Gasteiger partial charge is 0.437 e. The molecule has 72 valence electrons. The minimum atomic E-state index is -0.0682. The van der Waals surface area contributed by atoms with Crippen LogP contribution in [-0.2, 0) is 0 Å². The van der Waals surface area contributed by atoms with Crippen molar-refractivity contribution in [3.05, 3.63) is 42.0 Å². The summed E-state index contributed by atoms with van der Waals surface area (Å²) in [5.74, 6) is 0.546. The average Bonchev–Trinajstić information content (AvgIpc) is 2.55. The lowest BCUT2D eigenvalue weighted by Crippen LogP contribution is -2.09. The van der Waals surface area contributed by atoms with Crippen molar-refractivity contribution in [2.24, 2.45) is 0 Å². The van der Waals surface area contributed by atoms with Gasteiger partial charge in [-0.25, -0.2) is 0 Å². The molecule has 0 aliphatic carbocycles. The van der Waals surface area contributed by atoms with Gasteiger partial charge in [0.15, 0.2) is 0 Å². The second-order valence-electron chi connectivity index (χ2n) is 3.47. The molecule has 2 aromatic rings. The molecule has 3 rings (SSSR count). The predicted octanol–water partition coefficient (Wildman–Crippen LogP) is 2.58. The Morgan fingerprint density at radius 2 is 1.73 bits per heavy atom. The van der Waals surface area contributed by atoms with Gasteiger partial charge in [-0.3, -0.25) is 10.8 Å². The zero-order chi connectivity index (χ0) is 10.4. The molecular formula is C12H8N2O. The zero-order valence-corrected chi connectivity index (χ0v) is 7.87. The third-order valence-corrected chi connectivity index (χ3v) is 2.58. The fourth-order valence-electron chi connectivity index (χ4n) is 1.87. The van der Waals surface area contributed by atoms with Gasteiger partial charge in [0.25, 0.3) is 0 Å². The van der Waals surface area contributed by atoms with E-state index in [-0.39, 0.29) is 11.6 Å². The highest BCUT2D eigenvalue weighted by atomic mass is 16.5. The lowest BCUT2D eigenvalue weighted by molar-refractivity contribution is 0.568. The van der Waals surface area contributed by atoms with E-state index in [9.17, 15) is 0 Å². The molecule has 3 nitrogen and oxygen atoms in total. The Labute approximate surface area is 86.3 Å². The fraction of sp³-hybridized carbons (Fsp3) is 0. The third kappa shape index (κ3) is 1.00. The van der Waals surface area contributed by atoms with Gasteiger partial charge in [-0.1, -0.05) is 30.3 Å². The quantitative estimate of drug-likeness (QED) is 0.668. The highest BCUT2D eigenvalue weighted by molar-refractivity contribution is 6.48. The van der Waals surface area contributed by atoms with Gasteiger partial charge in [0.2, 0.25) is 5.90 Å². The summed E-state index contributed by atoms with van der Waals surface area (Å²) in [7, 11) is 0. The maximum atomic E-state index is 7.77. The normalized spacial score (nSPS) is 14.1. The van der Waals surface area contributed by atoms with Crippen LogP contribution in [0, 0.1) is 10.8 Å². The zero-order valence-electron chi connectivity index (χ0n) is 7.87. The van der Waals surface area contributed by atoms with Crippen molar-refractivity contribution in [2.45, 2.75) is 0 Å². The molecule has 1 aliphatic heterocycles. The highest BCUT2D eigenvalue weighted by Gasteiger charge is 2.25. The molecule has 2 aromatic carbocycles. The van der Waals surface area contributed by atoms with E-state index in [0.29, 0.717) is 5.75 Å². The number of ether oxygens (including phenoxy) is 1. The van der Waals surface area contributed by atoms with Gasteiger partial charge in [-0.2, -0.15) is 0 Å². The molecule has 0 amide bonds. The van der Waals surface area contributed by atoms with E-state index in [1.165, 1.54) is 0 Å². The van der Waals surface area contributed by atoms with Crippen LogP contribution in [0.2, 0.25) is 0 Å². The summed E-state index contributed by atoms with van der Waals surface area (Å²) < 4.78 is 5.19. The Morgan fingerprint density at radius 1 is 0.933 bits per heavy atom. The van der Waals surface area contributed by atoms with Crippen molar-refractivity contribution < 1.29 is 4.74 Å². The van der Waals surface area contributed by atoms with Crippen molar-refractivity contribution in [3.8, 4) is 5.75 Å². The van der Waals surface area contributed by atoms with Gasteiger partial charge in [-0.15, -0.1) is 0 Å². The third-order valence-electron chi connectivity index (χ3n) is 2.58. The van der Waals surface area contributed by atoms with E-state index in [1.54, 1.807) is 0 Å². The first-order valence-electron chi connectivity index (χ1n) is 4.65. The molecule has 0 unspecified atom stereocenters. The summed E-state index contributed by atoms with van der Waals surface area (Å²) in [5.41, 5.74) is 0.903. The van der Waals surface area contributed by atoms with Gasteiger partial charge in [0.05, 0.1) is 5.56 Å². The maximum absolute atomic E-state index is 7.77. The number of hydrogen-bond donors (Lipinski definition) is 2. The van der Waals surface area contributed by atoms with Crippen LogP contribution in [-0.4, -0.2) is 11.6 Å². The fourth-order valence-corrected chi connectivity index (χ4v) is 1.87. The van der Waals surface area contributed by atoms with Gasteiger partial charge < -0.3 is 4.74 Å². The smallest absolute Gasteiger partial charge is 0.238 e. The molecule has 0 saturated heterocycles. The molecule has 0 aromatic heterocycles. The van der Waals surface area contributed by atoms with E-state index in [4.69, 9.17) is 15.6 Å². The average molecular weight is 196 g/mol. The summed E-state index contributed by atoms with van der Waals surface area (Å²) >= 11 is 0. The molecule has 0 atom stereocenters. The van der Waals surface area contributed by atoms with Crippen molar-refractivity contribution in [1.29, 1.82) is 10.8 Å². The Hall–Kier alpha value is -2.16. The van der Waals surface area contributed by atoms with Crippen molar-refractivity contribution in [2.75, 3.05) is 0 Å². The first kappa shape index (κ1) is 8.17. The monoisotopic (exact) mass is 196 g/mol. The van der Waals surface area contributed by atoms with Crippen LogP contribution < -0.4 is 4.74 Å². The summed E-state index contributed by atoms with van der Waals surface area (Å²) in [4.78, 5) is 0. The molecule has 3 heteroatoms. The van der Waals surface area contributed by atoms with Crippen LogP contribution in [0.25, 0.3) is 10.8 Å². The van der Waals surface area contributed by atoms with E-state index in [0.717, 1.165) is 16.3 Å². The number of rotatable bonds is 0. The molecule has 0 spiro atoms. The van der Waals surface area contributed by atoms with E-state index >= 15 is 0 Å². The maximum Gasteiger partial charge on any atom is 0.238 e. The molecule has 1 heterocycles. The van der Waals surface area contributed by atoms with Gasteiger partial charge in [0, 0.05) is 0 Å². The summed E-state index contributed by atoms with van der Waals surface area (Å²) in [5, 5.41) is 17.3. The Morgan fingerprint density at radius 3 is 2.60 bits per heavy atom. The van der Waals surface area contributed by atoms with Gasteiger partial charge in [0.1, 0.15) is 11.5 Å². The van der Waals surface area contributed by atoms with Gasteiger partial charge in [-0.05, 0) is 16.8 Å². The Bertz CT molecular complexity index is 602. The van der Waals surface area contributed by atoms with Crippen LogP contribution in [0.4, 0.5) is 0 Å². The molecular weight excluding hydrogens is 188 g/mol. The first-order chi connectivity index (χ1) is 7.27. The molecule has 2 N–H and O–H groups in total. The standard InChI is InChI=1S/C12H8N2O/c13-11-10-8-4-2-1-3-7(8)5-6-9(10)15-12(11)14/h1-6,13-14H. The Balaban J connectivity index is 2.45. The Kier molecular flexibility index (Phi) is 1.45. The van der Waals surface area contributed by atoms with Gasteiger partial charge >= 0.3 is 0 Å². The summed E-state index contributed by atoms with van der Waals surface area (Å²) in [6.07, 6.45) is 0. The highest BCUT2D eigenvalue weighted by Crippen LogP contribution is 2.32. The van der Waals surface area contributed by atoms with Crippen LogP contribution in [0.5, 0.6) is 5.75 Å². The second-order valence-corrected chi connectivity index (χ2v) is 3.47. The summed E-state index contributed by atoms with van der Waals surface area (Å²) in [6, 6.07) is 11.6. The minimum absolute atomic E-state index is 0.0682. The SMILES string of the molecule is N=C1Oc2ccc3ccccc3c2C1=N. The number of hydrogen-bond acceptors (Lipinski definition) is 3. The van der Waals surface area contributed by atoms with Crippen LogP contribution in [0.3, 0.4) is 0 Å². The molecule has 0 radical (unpaired) electrons. The first-order valence-corrected chi connectivity index (χ1v) is 4.65. The van der Waals surface area contributed by atoms with E-state index in [2.05, 4.69) is 0 Å². The molecule has 0 saturated carbocycles. The predicted molar refractivity (Wildman–Crippen MR) is 59.1 cm³/mol. The lowest BCUT2D eigenvalue weighted by Gasteiger charge is -2.01. The van der Waals surface area contributed by atoms with E-state index < -0.39 is 0 Å². The van der Waals surface area contributed by atoms with Crippen LogP contribution in [0.1, 0.15) is 5.56 Å². The van der Waals surface area contributed by atoms with Crippen LogP contribution >= 0.6 is 0 Å². The summed E-state index contributed by atoms with van der Waals surface area (Å²) in [6.45, 7) is 0. The number of fused-ring (bicyclic) bond motifs is 3. The molecule has 0 fully saturated rings. The molecule has 0 bridgehead atoms. The number of nitrogens with one attached hydrogen (secondary N) is 2.